The van der Waals surface area contributed by atoms with Gasteiger partial charge in [-0.3, -0.25) is 0 Å². The predicted octanol–water partition coefficient (Wildman–Crippen LogP) is 6.67. The van der Waals surface area contributed by atoms with E-state index in [0.717, 1.165) is 5.01 Å². The van der Waals surface area contributed by atoms with Crippen LogP contribution in [0.15, 0.2) is 29.8 Å². The van der Waals surface area contributed by atoms with Gasteiger partial charge in [0.1, 0.15) is 10.5 Å². The number of hydrogen-bond donors (Lipinski definition) is 0. The Morgan fingerprint density at radius 3 is 1.96 bits per heavy atom. The maximum Gasteiger partial charge on any atom is 0.147 e. The quantitative estimate of drug-likeness (QED) is 0.406. The van der Waals surface area contributed by atoms with Gasteiger partial charge in [-0.15, -0.1) is 10.2 Å². The predicted molar refractivity (Wildman–Crippen MR) is 101 cm³/mol. The molecular formula is C20H30N2S. The Balaban J connectivity index is 1.51. The second-order valence-electron chi connectivity index (χ2n) is 6.37. The summed E-state index contributed by atoms with van der Waals surface area (Å²) in [6.45, 7) is 2.28. The highest BCUT2D eigenvalue weighted by Gasteiger charge is 2.01. The molecule has 0 unspecified atom stereocenters. The van der Waals surface area contributed by atoms with Crippen molar-refractivity contribution in [3.8, 4) is 10.6 Å². The molecule has 2 aromatic rings. The molecule has 0 bridgehead atoms. The minimum atomic E-state index is 1.01. The Morgan fingerprint density at radius 1 is 0.783 bits per heavy atom. The Kier molecular flexibility index (Phi) is 8.93. The van der Waals surface area contributed by atoms with Gasteiger partial charge in [-0.2, -0.15) is 0 Å². The van der Waals surface area contributed by atoms with Crippen LogP contribution in [-0.4, -0.2) is 10.2 Å². The van der Waals surface area contributed by atoms with E-state index in [4.69, 9.17) is 0 Å². The molecule has 0 saturated carbocycles. The average molecular weight is 331 g/mol. The molecule has 0 N–H and O–H groups in total. The fourth-order valence-corrected chi connectivity index (χ4v) is 3.49. The Bertz CT molecular complexity index is 505. The van der Waals surface area contributed by atoms with Crippen LogP contribution < -0.4 is 0 Å². The molecule has 126 valence electrons. The highest BCUT2D eigenvalue weighted by atomic mass is 32.1. The SMILES string of the molecule is CCCCCCCCCCCCc1ccc(-c2nncs2)cc1. The van der Waals surface area contributed by atoms with Crippen molar-refractivity contribution in [1.82, 2.24) is 10.2 Å². The van der Waals surface area contributed by atoms with E-state index in [1.54, 1.807) is 16.8 Å². The smallest absolute Gasteiger partial charge is 0.147 e. The molecule has 0 saturated heterocycles. The van der Waals surface area contributed by atoms with E-state index in [9.17, 15) is 0 Å². The summed E-state index contributed by atoms with van der Waals surface area (Å²) in [5.74, 6) is 0. The molecular weight excluding hydrogens is 300 g/mol. The van der Waals surface area contributed by atoms with Gasteiger partial charge in [-0.25, -0.2) is 0 Å². The molecule has 0 aliphatic rings. The third kappa shape index (κ3) is 7.26. The molecule has 23 heavy (non-hydrogen) atoms. The number of hydrogen-bond acceptors (Lipinski definition) is 3. The van der Waals surface area contributed by atoms with Gasteiger partial charge in [0.15, 0.2) is 0 Å². The monoisotopic (exact) mass is 330 g/mol. The maximum atomic E-state index is 4.11. The van der Waals surface area contributed by atoms with Gasteiger partial charge in [0.25, 0.3) is 0 Å². The highest BCUT2D eigenvalue weighted by molar-refractivity contribution is 7.12. The van der Waals surface area contributed by atoms with E-state index in [1.165, 1.54) is 81.8 Å². The maximum absolute atomic E-state index is 4.11. The van der Waals surface area contributed by atoms with Crippen molar-refractivity contribution in [2.45, 2.75) is 77.6 Å². The van der Waals surface area contributed by atoms with Crippen LogP contribution in [0.3, 0.4) is 0 Å². The van der Waals surface area contributed by atoms with Crippen molar-refractivity contribution in [3.05, 3.63) is 35.3 Å². The lowest BCUT2D eigenvalue weighted by Gasteiger charge is -2.04. The molecule has 3 heteroatoms. The summed E-state index contributed by atoms with van der Waals surface area (Å²) >= 11 is 1.59. The lowest BCUT2D eigenvalue weighted by Crippen LogP contribution is -1.87. The van der Waals surface area contributed by atoms with Gasteiger partial charge in [-0.1, -0.05) is 100 Å². The van der Waals surface area contributed by atoms with Gasteiger partial charge in [0.05, 0.1) is 0 Å². The van der Waals surface area contributed by atoms with E-state index >= 15 is 0 Å². The first-order valence-electron chi connectivity index (χ1n) is 9.25. The largest absolute Gasteiger partial charge is 0.147 e. The number of aryl methyl sites for hydroxylation is 1. The van der Waals surface area contributed by atoms with E-state index in [-0.39, 0.29) is 0 Å². The zero-order valence-electron chi connectivity index (χ0n) is 14.5. The molecule has 0 atom stereocenters. The fourth-order valence-electron chi connectivity index (χ4n) is 2.93. The first-order chi connectivity index (χ1) is 11.4. The normalized spacial score (nSPS) is 11.0. The summed E-state index contributed by atoms with van der Waals surface area (Å²) in [6.07, 6.45) is 15.2. The number of rotatable bonds is 12. The second kappa shape index (κ2) is 11.3. The van der Waals surface area contributed by atoms with Gasteiger partial charge in [0.2, 0.25) is 0 Å². The molecule has 0 amide bonds. The van der Waals surface area contributed by atoms with Gasteiger partial charge in [-0.05, 0) is 18.4 Å². The summed E-state index contributed by atoms with van der Waals surface area (Å²) in [5.41, 5.74) is 4.41. The second-order valence-corrected chi connectivity index (χ2v) is 7.21. The van der Waals surface area contributed by atoms with E-state index < -0.39 is 0 Å². The van der Waals surface area contributed by atoms with E-state index in [1.807, 2.05) is 0 Å². The highest BCUT2D eigenvalue weighted by Crippen LogP contribution is 2.21. The van der Waals surface area contributed by atoms with Crippen LogP contribution in [0.25, 0.3) is 10.6 Å². The third-order valence-corrected chi connectivity index (χ3v) is 5.12. The Morgan fingerprint density at radius 2 is 1.39 bits per heavy atom. The van der Waals surface area contributed by atoms with Crippen LogP contribution in [0, 0.1) is 0 Å². The minimum absolute atomic E-state index is 1.01. The van der Waals surface area contributed by atoms with Crippen LogP contribution in [-0.2, 0) is 6.42 Å². The van der Waals surface area contributed by atoms with E-state index in [2.05, 4.69) is 41.4 Å². The van der Waals surface area contributed by atoms with Crippen molar-refractivity contribution in [3.63, 3.8) is 0 Å². The lowest BCUT2D eigenvalue weighted by molar-refractivity contribution is 0.556. The van der Waals surface area contributed by atoms with Crippen molar-refractivity contribution < 1.29 is 0 Å². The molecule has 1 aromatic heterocycles. The van der Waals surface area contributed by atoms with Crippen molar-refractivity contribution in [1.29, 1.82) is 0 Å². The zero-order valence-corrected chi connectivity index (χ0v) is 15.3. The summed E-state index contributed by atoms with van der Waals surface area (Å²) in [4.78, 5) is 0. The summed E-state index contributed by atoms with van der Waals surface area (Å²) in [6, 6.07) is 8.83. The van der Waals surface area contributed by atoms with Gasteiger partial charge < -0.3 is 0 Å². The number of unbranched alkanes of at least 4 members (excludes halogenated alkanes) is 9. The van der Waals surface area contributed by atoms with Crippen LogP contribution >= 0.6 is 11.3 Å². The molecule has 0 spiro atoms. The Hall–Kier alpha value is -1.22. The van der Waals surface area contributed by atoms with Gasteiger partial charge in [0, 0.05) is 5.56 Å². The summed E-state index contributed by atoms with van der Waals surface area (Å²) < 4.78 is 0. The number of nitrogens with zero attached hydrogens (tertiary/aromatic N) is 2. The zero-order chi connectivity index (χ0) is 16.2. The van der Waals surface area contributed by atoms with Crippen molar-refractivity contribution >= 4 is 11.3 Å². The van der Waals surface area contributed by atoms with Crippen LogP contribution in [0.5, 0.6) is 0 Å². The van der Waals surface area contributed by atoms with Crippen LogP contribution in [0.2, 0.25) is 0 Å². The third-order valence-electron chi connectivity index (χ3n) is 4.38. The first kappa shape index (κ1) is 18.1. The minimum Gasteiger partial charge on any atom is -0.147 e. The molecule has 1 heterocycles. The van der Waals surface area contributed by atoms with Crippen LogP contribution in [0.4, 0.5) is 0 Å². The van der Waals surface area contributed by atoms with Crippen molar-refractivity contribution in [2.24, 2.45) is 0 Å². The molecule has 0 aliphatic heterocycles. The summed E-state index contributed by atoms with van der Waals surface area (Å²) in [5, 5.41) is 9.02. The number of aromatic nitrogens is 2. The molecule has 1 aromatic carbocycles. The van der Waals surface area contributed by atoms with Crippen molar-refractivity contribution in [2.75, 3.05) is 0 Å². The van der Waals surface area contributed by atoms with E-state index in [0.29, 0.717) is 0 Å². The first-order valence-corrected chi connectivity index (χ1v) is 10.1. The lowest BCUT2D eigenvalue weighted by atomic mass is 10.0. The van der Waals surface area contributed by atoms with Gasteiger partial charge >= 0.3 is 0 Å². The molecule has 2 nitrogen and oxygen atoms in total. The molecule has 2 rings (SSSR count). The average Bonchev–Trinajstić information content (AvgIpc) is 3.12. The molecule has 0 aliphatic carbocycles. The Labute approximate surface area is 145 Å². The standard InChI is InChI=1S/C20H30N2S/c1-2-3-4-5-6-7-8-9-10-11-12-18-13-15-19(16-14-18)20-22-21-17-23-20/h13-17H,2-12H2,1H3. The number of benzene rings is 1. The summed E-state index contributed by atoms with van der Waals surface area (Å²) in [7, 11) is 0. The molecule has 0 radical (unpaired) electrons. The molecule has 0 fully saturated rings. The fraction of sp³-hybridized carbons (Fsp3) is 0.600. The van der Waals surface area contributed by atoms with Crippen LogP contribution in [0.1, 0.15) is 76.7 Å². The topological polar surface area (TPSA) is 25.8 Å².